The summed E-state index contributed by atoms with van der Waals surface area (Å²) in [5, 5.41) is 6.53. The molecule has 0 radical (unpaired) electrons. The molecule has 0 aliphatic rings. The van der Waals surface area contributed by atoms with E-state index in [0.29, 0.717) is 0 Å². The van der Waals surface area contributed by atoms with Gasteiger partial charge in [0.15, 0.2) is 0 Å². The zero-order chi connectivity index (χ0) is 9.23. The quantitative estimate of drug-likeness (QED) is 0.316. The van der Waals surface area contributed by atoms with Crippen molar-refractivity contribution in [1.29, 1.82) is 0 Å². The van der Waals surface area contributed by atoms with Gasteiger partial charge in [-0.15, -0.1) is 0 Å². The summed E-state index contributed by atoms with van der Waals surface area (Å²) < 4.78 is 0. The van der Waals surface area contributed by atoms with Crippen molar-refractivity contribution in [2.24, 2.45) is 0 Å². The van der Waals surface area contributed by atoms with Crippen molar-refractivity contribution in [3.05, 3.63) is 11.6 Å². The normalized spacial score (nSPS) is 12.1. The van der Waals surface area contributed by atoms with Gasteiger partial charge in [0, 0.05) is 18.8 Å². The Bertz CT molecular complexity index is 124. The summed E-state index contributed by atoms with van der Waals surface area (Å²) in [6.07, 6.45) is 2.21. The Morgan fingerprint density at radius 3 is 2.42 bits per heavy atom. The van der Waals surface area contributed by atoms with Gasteiger partial charge in [0.05, 0.1) is 0 Å². The van der Waals surface area contributed by atoms with Crippen LogP contribution in [0.4, 0.5) is 0 Å². The fourth-order valence-electron chi connectivity index (χ4n) is 0.839. The number of hydrogen-bond donors (Lipinski definition) is 3. The molecule has 0 aromatic heterocycles. The highest BCUT2D eigenvalue weighted by Gasteiger charge is 1.91. The summed E-state index contributed by atoms with van der Waals surface area (Å²) in [5.41, 5.74) is 1.36. The van der Waals surface area contributed by atoms with E-state index in [1.54, 1.807) is 0 Å². The second-order valence-electron chi connectivity index (χ2n) is 2.61. The summed E-state index contributed by atoms with van der Waals surface area (Å²) in [7, 11) is 0. The van der Waals surface area contributed by atoms with Crippen molar-refractivity contribution >= 4 is 12.6 Å². The average molecular weight is 188 g/mol. The van der Waals surface area contributed by atoms with E-state index < -0.39 is 0 Å². The van der Waals surface area contributed by atoms with Crippen LogP contribution >= 0.6 is 12.6 Å². The van der Waals surface area contributed by atoms with E-state index in [-0.39, 0.29) is 0 Å². The zero-order valence-electron chi connectivity index (χ0n) is 8.06. The van der Waals surface area contributed by atoms with E-state index in [2.05, 4.69) is 43.2 Å². The second-order valence-corrected chi connectivity index (χ2v) is 2.92. The molecular formula is C9H20N2S. The Morgan fingerprint density at radius 1 is 1.25 bits per heavy atom. The average Bonchev–Trinajstić information content (AvgIpc) is 2.11. The fourth-order valence-corrected chi connectivity index (χ4v) is 1.08. The predicted octanol–water partition coefficient (Wildman–Crippen LogP) is 1.06. The first-order chi connectivity index (χ1) is 5.85. The van der Waals surface area contributed by atoms with E-state index in [9.17, 15) is 0 Å². The van der Waals surface area contributed by atoms with Crippen LogP contribution in [0.5, 0.6) is 0 Å². The van der Waals surface area contributed by atoms with Crippen molar-refractivity contribution < 1.29 is 0 Å². The largest absolute Gasteiger partial charge is 0.314 e. The Morgan fingerprint density at radius 2 is 1.92 bits per heavy atom. The maximum Gasteiger partial charge on any atom is 0.0173 e. The molecule has 0 rings (SSSR count). The lowest BCUT2D eigenvalue weighted by Crippen LogP contribution is -2.19. The third-order valence-electron chi connectivity index (χ3n) is 1.59. The molecule has 0 atom stereocenters. The maximum atomic E-state index is 4.25. The van der Waals surface area contributed by atoms with Crippen LogP contribution in [-0.2, 0) is 0 Å². The maximum absolute atomic E-state index is 4.25. The minimum Gasteiger partial charge on any atom is -0.314 e. The van der Waals surface area contributed by atoms with Crippen LogP contribution in [0.1, 0.15) is 13.8 Å². The van der Waals surface area contributed by atoms with Gasteiger partial charge in [0.25, 0.3) is 0 Å². The number of hydrogen-bond acceptors (Lipinski definition) is 3. The number of likely N-dealkylation sites (N-methyl/N-ethyl adjacent to an activating group) is 2. The summed E-state index contributed by atoms with van der Waals surface area (Å²) in [6.45, 7) is 8.19. The van der Waals surface area contributed by atoms with Crippen LogP contribution in [-0.4, -0.2) is 31.9 Å². The topological polar surface area (TPSA) is 24.1 Å². The first kappa shape index (κ1) is 12.0. The Balaban J connectivity index is 3.55. The lowest BCUT2D eigenvalue weighted by Gasteiger charge is -2.04. The Kier molecular flexibility index (Phi) is 9.11. The van der Waals surface area contributed by atoms with Gasteiger partial charge in [-0.05, 0) is 18.7 Å². The SMILES string of the molecule is CCNC/C=C(/CS)CNCC. The summed E-state index contributed by atoms with van der Waals surface area (Å²) >= 11 is 4.25. The van der Waals surface area contributed by atoms with Gasteiger partial charge in [-0.1, -0.05) is 19.9 Å². The minimum atomic E-state index is 0.846. The lowest BCUT2D eigenvalue weighted by molar-refractivity contribution is 0.761. The van der Waals surface area contributed by atoms with Crippen molar-refractivity contribution in [1.82, 2.24) is 10.6 Å². The molecule has 72 valence electrons. The van der Waals surface area contributed by atoms with Gasteiger partial charge >= 0.3 is 0 Å². The second kappa shape index (κ2) is 9.10. The zero-order valence-corrected chi connectivity index (χ0v) is 8.95. The van der Waals surface area contributed by atoms with E-state index >= 15 is 0 Å². The van der Waals surface area contributed by atoms with Crippen LogP contribution in [0.25, 0.3) is 0 Å². The fraction of sp³-hybridized carbons (Fsp3) is 0.778. The van der Waals surface area contributed by atoms with Crippen LogP contribution in [0.2, 0.25) is 0 Å². The Hall–Kier alpha value is 0.01000. The molecule has 0 saturated carbocycles. The molecule has 0 bridgehead atoms. The van der Waals surface area contributed by atoms with Crippen LogP contribution in [0.15, 0.2) is 11.6 Å². The molecule has 0 aromatic rings. The highest BCUT2D eigenvalue weighted by molar-refractivity contribution is 7.80. The van der Waals surface area contributed by atoms with Gasteiger partial charge in [0.2, 0.25) is 0 Å². The molecule has 0 spiro atoms. The lowest BCUT2D eigenvalue weighted by atomic mass is 10.3. The van der Waals surface area contributed by atoms with Crippen molar-refractivity contribution in [2.45, 2.75) is 13.8 Å². The number of rotatable bonds is 7. The van der Waals surface area contributed by atoms with E-state index in [0.717, 1.165) is 31.9 Å². The predicted molar refractivity (Wildman–Crippen MR) is 59.0 cm³/mol. The van der Waals surface area contributed by atoms with Crippen molar-refractivity contribution in [2.75, 3.05) is 31.9 Å². The number of nitrogens with one attached hydrogen (secondary N) is 2. The molecule has 0 aromatic carbocycles. The van der Waals surface area contributed by atoms with Crippen LogP contribution in [0.3, 0.4) is 0 Å². The van der Waals surface area contributed by atoms with Gasteiger partial charge in [-0.2, -0.15) is 12.6 Å². The third-order valence-corrected chi connectivity index (χ3v) is 2.00. The van der Waals surface area contributed by atoms with Gasteiger partial charge in [0.1, 0.15) is 0 Å². The summed E-state index contributed by atoms with van der Waals surface area (Å²) in [6, 6.07) is 0. The van der Waals surface area contributed by atoms with Crippen LogP contribution < -0.4 is 10.6 Å². The van der Waals surface area contributed by atoms with Crippen molar-refractivity contribution in [3.63, 3.8) is 0 Å². The molecule has 2 N–H and O–H groups in total. The molecule has 0 aliphatic heterocycles. The van der Waals surface area contributed by atoms with Crippen molar-refractivity contribution in [3.8, 4) is 0 Å². The molecule has 0 saturated heterocycles. The molecule has 0 amide bonds. The van der Waals surface area contributed by atoms with Gasteiger partial charge in [-0.25, -0.2) is 0 Å². The molecule has 0 unspecified atom stereocenters. The highest BCUT2D eigenvalue weighted by atomic mass is 32.1. The minimum absolute atomic E-state index is 0.846. The Labute approximate surface area is 81.2 Å². The summed E-state index contributed by atoms with van der Waals surface area (Å²) in [5.74, 6) is 0.846. The molecule has 3 heteroatoms. The van der Waals surface area contributed by atoms with Gasteiger partial charge < -0.3 is 10.6 Å². The van der Waals surface area contributed by atoms with E-state index in [1.807, 2.05) is 0 Å². The smallest absolute Gasteiger partial charge is 0.0173 e. The molecule has 0 fully saturated rings. The summed E-state index contributed by atoms with van der Waals surface area (Å²) in [4.78, 5) is 0. The first-order valence-corrected chi connectivity index (χ1v) is 5.18. The molecular weight excluding hydrogens is 168 g/mol. The highest BCUT2D eigenvalue weighted by Crippen LogP contribution is 1.94. The van der Waals surface area contributed by atoms with Crippen LogP contribution in [0, 0.1) is 0 Å². The van der Waals surface area contributed by atoms with E-state index in [4.69, 9.17) is 0 Å². The third kappa shape index (κ3) is 6.70. The molecule has 12 heavy (non-hydrogen) atoms. The number of thiol groups is 1. The monoisotopic (exact) mass is 188 g/mol. The van der Waals surface area contributed by atoms with E-state index in [1.165, 1.54) is 5.57 Å². The molecule has 2 nitrogen and oxygen atoms in total. The molecule has 0 aliphatic carbocycles. The molecule has 0 heterocycles. The standard InChI is InChI=1S/C9H20N2S/c1-3-10-6-5-9(8-12)7-11-4-2/h5,10-12H,3-4,6-8H2,1-2H3/b9-5+. The van der Waals surface area contributed by atoms with Gasteiger partial charge in [-0.3, -0.25) is 0 Å². The first-order valence-electron chi connectivity index (χ1n) is 4.55.